The van der Waals surface area contributed by atoms with E-state index in [9.17, 15) is 4.39 Å². The Bertz CT molecular complexity index is 482. The van der Waals surface area contributed by atoms with E-state index in [1.165, 1.54) is 12.3 Å². The minimum Gasteiger partial charge on any atom is -0.364 e. The lowest BCUT2D eigenvalue weighted by Gasteiger charge is -2.14. The summed E-state index contributed by atoms with van der Waals surface area (Å²) in [6, 6.07) is 11.2. The molecule has 0 saturated carbocycles. The van der Waals surface area contributed by atoms with E-state index in [0.717, 1.165) is 10.0 Å². The highest BCUT2D eigenvalue weighted by Gasteiger charge is 2.05. The van der Waals surface area contributed by atoms with Crippen LogP contribution in [-0.2, 0) is 0 Å². The van der Waals surface area contributed by atoms with Crippen LogP contribution in [0.15, 0.2) is 47.1 Å². The van der Waals surface area contributed by atoms with Crippen molar-refractivity contribution in [1.29, 1.82) is 0 Å². The summed E-state index contributed by atoms with van der Waals surface area (Å²) < 4.78 is 13.7. The number of nitrogens with zero attached hydrogens (tertiary/aromatic N) is 1. The average Bonchev–Trinajstić information content (AvgIpc) is 2.33. The molecule has 2 rings (SSSR count). The average molecular weight is 295 g/mol. The van der Waals surface area contributed by atoms with Gasteiger partial charge in [-0.1, -0.05) is 28.1 Å². The lowest BCUT2D eigenvalue weighted by Crippen LogP contribution is -2.07. The predicted octanol–water partition coefficient (Wildman–Crippen LogP) is 4.16. The van der Waals surface area contributed by atoms with Crippen molar-refractivity contribution in [2.75, 3.05) is 5.32 Å². The molecule has 0 aliphatic rings. The molecule has 0 bridgehead atoms. The SMILES string of the molecule is CC(Nc1ccc(F)cn1)c1ccc(Br)cc1. The first-order chi connectivity index (χ1) is 8.15. The van der Waals surface area contributed by atoms with E-state index in [4.69, 9.17) is 0 Å². The van der Waals surface area contributed by atoms with Crippen molar-refractivity contribution >= 4 is 21.7 Å². The van der Waals surface area contributed by atoms with Crippen LogP contribution in [0.1, 0.15) is 18.5 Å². The van der Waals surface area contributed by atoms with Crippen LogP contribution in [0.4, 0.5) is 10.2 Å². The molecule has 1 heterocycles. The summed E-state index contributed by atoms with van der Waals surface area (Å²) in [4.78, 5) is 3.97. The molecular formula is C13H12BrFN2. The van der Waals surface area contributed by atoms with Crippen molar-refractivity contribution < 1.29 is 4.39 Å². The van der Waals surface area contributed by atoms with Crippen LogP contribution >= 0.6 is 15.9 Å². The quantitative estimate of drug-likeness (QED) is 0.919. The molecule has 0 spiro atoms. The number of anilines is 1. The van der Waals surface area contributed by atoms with Gasteiger partial charge in [0.15, 0.2) is 0 Å². The maximum atomic E-state index is 12.7. The van der Waals surface area contributed by atoms with Crippen molar-refractivity contribution in [3.05, 3.63) is 58.4 Å². The van der Waals surface area contributed by atoms with E-state index >= 15 is 0 Å². The van der Waals surface area contributed by atoms with Gasteiger partial charge in [-0.3, -0.25) is 0 Å². The third kappa shape index (κ3) is 3.27. The molecule has 0 radical (unpaired) electrons. The maximum absolute atomic E-state index is 12.7. The topological polar surface area (TPSA) is 24.9 Å². The number of nitrogens with one attached hydrogen (secondary N) is 1. The first-order valence-corrected chi connectivity index (χ1v) is 6.08. The lowest BCUT2D eigenvalue weighted by molar-refractivity contribution is 0.621. The summed E-state index contributed by atoms with van der Waals surface area (Å²) in [6.07, 6.45) is 1.20. The van der Waals surface area contributed by atoms with Crippen LogP contribution in [0.5, 0.6) is 0 Å². The fourth-order valence-electron chi connectivity index (χ4n) is 1.52. The molecule has 4 heteroatoms. The number of benzene rings is 1. The summed E-state index contributed by atoms with van der Waals surface area (Å²) in [5.41, 5.74) is 1.15. The largest absolute Gasteiger partial charge is 0.364 e. The van der Waals surface area contributed by atoms with E-state index in [1.54, 1.807) is 6.07 Å². The van der Waals surface area contributed by atoms with Gasteiger partial charge in [-0.15, -0.1) is 0 Å². The summed E-state index contributed by atoms with van der Waals surface area (Å²) in [6.45, 7) is 2.04. The number of aromatic nitrogens is 1. The van der Waals surface area contributed by atoms with Gasteiger partial charge in [-0.05, 0) is 36.8 Å². The predicted molar refractivity (Wildman–Crippen MR) is 70.4 cm³/mol. The normalized spacial score (nSPS) is 12.2. The number of rotatable bonds is 3. The zero-order chi connectivity index (χ0) is 12.3. The first-order valence-electron chi connectivity index (χ1n) is 5.29. The van der Waals surface area contributed by atoms with Crippen LogP contribution in [0.25, 0.3) is 0 Å². The Morgan fingerprint density at radius 1 is 1.18 bits per heavy atom. The molecule has 1 aromatic carbocycles. The van der Waals surface area contributed by atoms with Crippen molar-refractivity contribution in [2.24, 2.45) is 0 Å². The Balaban J connectivity index is 2.08. The fraction of sp³-hybridized carbons (Fsp3) is 0.154. The van der Waals surface area contributed by atoms with Gasteiger partial charge < -0.3 is 5.32 Å². The molecule has 0 saturated heterocycles. The number of hydrogen-bond donors (Lipinski definition) is 1. The first kappa shape index (κ1) is 12.0. The van der Waals surface area contributed by atoms with Gasteiger partial charge in [0.2, 0.25) is 0 Å². The summed E-state index contributed by atoms with van der Waals surface area (Å²) in [5, 5.41) is 3.21. The van der Waals surface area contributed by atoms with Crippen molar-refractivity contribution in [3.63, 3.8) is 0 Å². The molecule has 1 unspecified atom stereocenters. The molecule has 2 aromatic rings. The van der Waals surface area contributed by atoms with Crippen LogP contribution in [0.3, 0.4) is 0 Å². The molecule has 2 nitrogen and oxygen atoms in total. The molecule has 1 atom stereocenters. The van der Waals surface area contributed by atoms with Crippen LogP contribution in [-0.4, -0.2) is 4.98 Å². The van der Waals surface area contributed by atoms with Crippen LogP contribution < -0.4 is 5.32 Å². The standard InChI is InChI=1S/C13H12BrFN2/c1-9(10-2-4-11(14)5-3-10)17-13-7-6-12(15)8-16-13/h2-9H,1H3,(H,16,17). The molecule has 17 heavy (non-hydrogen) atoms. The molecular weight excluding hydrogens is 283 g/mol. The molecule has 1 N–H and O–H groups in total. The number of halogens is 2. The Labute approximate surface area is 108 Å². The van der Waals surface area contributed by atoms with Gasteiger partial charge in [0.05, 0.1) is 6.20 Å². The number of pyridine rings is 1. The molecule has 0 amide bonds. The summed E-state index contributed by atoms with van der Waals surface area (Å²) in [5.74, 6) is 0.341. The fourth-order valence-corrected chi connectivity index (χ4v) is 1.78. The van der Waals surface area contributed by atoms with Gasteiger partial charge in [-0.2, -0.15) is 0 Å². The monoisotopic (exact) mass is 294 g/mol. The Morgan fingerprint density at radius 2 is 1.88 bits per heavy atom. The third-order valence-corrected chi connectivity index (χ3v) is 2.99. The Kier molecular flexibility index (Phi) is 3.74. The highest BCUT2D eigenvalue weighted by atomic mass is 79.9. The van der Waals surface area contributed by atoms with E-state index in [2.05, 4.69) is 26.2 Å². The minimum absolute atomic E-state index is 0.126. The Morgan fingerprint density at radius 3 is 2.47 bits per heavy atom. The minimum atomic E-state index is -0.327. The van der Waals surface area contributed by atoms with Crippen molar-refractivity contribution in [1.82, 2.24) is 4.98 Å². The van der Waals surface area contributed by atoms with Gasteiger partial charge in [0.1, 0.15) is 11.6 Å². The smallest absolute Gasteiger partial charge is 0.141 e. The van der Waals surface area contributed by atoms with Gasteiger partial charge in [-0.25, -0.2) is 9.37 Å². The van der Waals surface area contributed by atoms with E-state index in [-0.39, 0.29) is 11.9 Å². The zero-order valence-electron chi connectivity index (χ0n) is 9.32. The summed E-state index contributed by atoms with van der Waals surface area (Å²) in [7, 11) is 0. The van der Waals surface area contributed by atoms with Gasteiger partial charge >= 0.3 is 0 Å². The second-order valence-electron chi connectivity index (χ2n) is 3.78. The molecule has 0 fully saturated rings. The van der Waals surface area contributed by atoms with Crippen LogP contribution in [0, 0.1) is 5.82 Å². The molecule has 88 valence electrons. The molecule has 0 aliphatic carbocycles. The van der Waals surface area contributed by atoms with E-state index in [1.807, 2.05) is 31.2 Å². The second-order valence-corrected chi connectivity index (χ2v) is 4.69. The molecule has 0 aliphatic heterocycles. The number of hydrogen-bond acceptors (Lipinski definition) is 2. The zero-order valence-corrected chi connectivity index (χ0v) is 10.9. The van der Waals surface area contributed by atoms with Crippen LogP contribution in [0.2, 0.25) is 0 Å². The van der Waals surface area contributed by atoms with Crippen molar-refractivity contribution in [3.8, 4) is 0 Å². The van der Waals surface area contributed by atoms with Crippen molar-refractivity contribution in [2.45, 2.75) is 13.0 Å². The third-order valence-electron chi connectivity index (χ3n) is 2.46. The molecule has 1 aromatic heterocycles. The second kappa shape index (κ2) is 5.27. The van der Waals surface area contributed by atoms with Gasteiger partial charge in [0.25, 0.3) is 0 Å². The maximum Gasteiger partial charge on any atom is 0.141 e. The van der Waals surface area contributed by atoms with E-state index in [0.29, 0.717) is 5.82 Å². The lowest BCUT2D eigenvalue weighted by atomic mass is 10.1. The van der Waals surface area contributed by atoms with Gasteiger partial charge in [0, 0.05) is 10.5 Å². The van der Waals surface area contributed by atoms with E-state index < -0.39 is 0 Å². The summed E-state index contributed by atoms with van der Waals surface area (Å²) >= 11 is 3.39. The Hall–Kier alpha value is -1.42. The highest BCUT2D eigenvalue weighted by Crippen LogP contribution is 2.19. The highest BCUT2D eigenvalue weighted by molar-refractivity contribution is 9.10.